The Bertz CT molecular complexity index is 678. The van der Waals surface area contributed by atoms with Gasteiger partial charge in [-0.1, -0.05) is 0 Å². The van der Waals surface area contributed by atoms with Gasteiger partial charge < -0.3 is 15.9 Å². The van der Waals surface area contributed by atoms with Crippen LogP contribution in [-0.2, 0) is 0 Å². The number of nitrogens with two attached hydrogens (primary N) is 1. The predicted molar refractivity (Wildman–Crippen MR) is 65.7 cm³/mol. The number of H-pyrrole nitrogens is 2. The highest BCUT2D eigenvalue weighted by atomic mass is 16.6. The number of rotatable bonds is 3. The molecule has 0 unspecified atom stereocenters. The fourth-order valence-corrected chi connectivity index (χ4v) is 1.23. The van der Waals surface area contributed by atoms with Crippen molar-refractivity contribution in [1.29, 1.82) is 0 Å². The van der Waals surface area contributed by atoms with Crippen LogP contribution in [0.4, 0.5) is 17.3 Å². The Morgan fingerprint density at radius 3 is 2.27 bits per heavy atom. The van der Waals surface area contributed by atoms with E-state index in [9.17, 15) is 30.1 Å². The molecule has 5 N–H and O–H groups in total. The van der Waals surface area contributed by atoms with Crippen molar-refractivity contribution < 1.29 is 29.8 Å². The number of nitrogens with zero attached hydrogens (tertiary/aromatic N) is 3. The highest BCUT2D eigenvalue weighted by Gasteiger charge is 2.21. The lowest BCUT2D eigenvalue weighted by atomic mass is 10.1. The summed E-state index contributed by atoms with van der Waals surface area (Å²) >= 11 is 0. The molecule has 0 spiro atoms. The molecule has 0 aliphatic carbocycles. The third kappa shape index (κ3) is 3.86. The first-order valence-corrected chi connectivity index (χ1v) is 5.27. The Kier molecular flexibility index (Phi) is 4.88. The largest absolute Gasteiger partial charge is 0.867 e. The molecule has 13 nitrogen and oxygen atoms in total. The van der Waals surface area contributed by atoms with Crippen LogP contribution in [0.5, 0.6) is 5.75 Å². The molecule has 1 aromatic heterocycles. The lowest BCUT2D eigenvalue weighted by Crippen LogP contribution is -2.08. The number of carbonyl (C=O) groups is 1. The number of nitro benzene ring substituents is 2. The lowest BCUT2D eigenvalue weighted by molar-refractivity contribution is -0.403. The molecule has 0 amide bonds. The van der Waals surface area contributed by atoms with Crippen molar-refractivity contribution in [2.45, 2.75) is 0 Å². The summed E-state index contributed by atoms with van der Waals surface area (Å²) in [6.45, 7) is 0. The van der Waals surface area contributed by atoms with Gasteiger partial charge in [0.15, 0.2) is 0 Å². The van der Waals surface area contributed by atoms with E-state index in [-0.39, 0.29) is 0 Å². The smallest absolute Gasteiger partial charge is 0.337 e. The number of nitrogens with one attached hydrogen (secondary N) is 2. The number of nitro groups is 2. The van der Waals surface area contributed by atoms with Crippen molar-refractivity contribution in [1.82, 2.24) is 10.2 Å². The van der Waals surface area contributed by atoms with Crippen LogP contribution in [0.15, 0.2) is 18.5 Å². The molecule has 0 saturated carbocycles. The summed E-state index contributed by atoms with van der Waals surface area (Å²) < 4.78 is 0. The summed E-state index contributed by atoms with van der Waals surface area (Å²) in [5.41, 5.74) is 2.16. The molecule has 0 aliphatic heterocycles. The summed E-state index contributed by atoms with van der Waals surface area (Å²) in [7, 11) is 0. The maximum atomic E-state index is 11.2. The number of aromatic carboxylic acids is 1. The van der Waals surface area contributed by atoms with Crippen molar-refractivity contribution in [3.8, 4) is 5.75 Å². The van der Waals surface area contributed by atoms with Gasteiger partial charge in [-0.05, 0) is 10.8 Å². The van der Waals surface area contributed by atoms with Gasteiger partial charge in [0, 0.05) is 6.07 Å². The van der Waals surface area contributed by atoms with E-state index >= 15 is 0 Å². The highest BCUT2D eigenvalue weighted by molar-refractivity contribution is 5.93. The molecule has 0 fully saturated rings. The number of carboxylic acids is 1. The number of nitrogen functional groups attached to an aromatic ring is 1. The third-order valence-electron chi connectivity index (χ3n) is 2.16. The Morgan fingerprint density at radius 2 is 1.95 bits per heavy atom. The molecule has 0 atom stereocenters. The summed E-state index contributed by atoms with van der Waals surface area (Å²) in [5.74, 6) is -2.63. The minimum Gasteiger partial charge on any atom is -0.867 e. The van der Waals surface area contributed by atoms with E-state index in [1.54, 1.807) is 0 Å². The highest BCUT2D eigenvalue weighted by Crippen LogP contribution is 2.31. The fourth-order valence-electron chi connectivity index (χ4n) is 1.23. The summed E-state index contributed by atoms with van der Waals surface area (Å²) in [6, 6.07) is 0.909. The second kappa shape index (κ2) is 6.60. The molecule has 22 heavy (non-hydrogen) atoms. The molecule has 0 saturated heterocycles. The van der Waals surface area contributed by atoms with Crippen LogP contribution in [0.25, 0.3) is 0 Å². The summed E-state index contributed by atoms with van der Waals surface area (Å²) in [4.78, 5) is 31.7. The molecule has 0 radical (unpaired) electrons. The Labute approximate surface area is 120 Å². The van der Waals surface area contributed by atoms with Crippen molar-refractivity contribution in [3.63, 3.8) is 0 Å². The molecule has 1 aromatic carbocycles. The molecule has 0 aliphatic rings. The van der Waals surface area contributed by atoms with E-state index in [4.69, 9.17) is 10.8 Å². The van der Waals surface area contributed by atoms with E-state index in [0.717, 1.165) is 0 Å². The Hall–Kier alpha value is -3.77. The minimum absolute atomic E-state index is 0.425. The zero-order valence-corrected chi connectivity index (χ0v) is 10.5. The summed E-state index contributed by atoms with van der Waals surface area (Å²) in [6.07, 6.45) is 1.48. The molecular weight excluding hydrogens is 304 g/mol. The van der Waals surface area contributed by atoms with Gasteiger partial charge >= 0.3 is 11.9 Å². The van der Waals surface area contributed by atoms with Crippen LogP contribution >= 0.6 is 0 Å². The average Bonchev–Trinajstić information content (AvgIpc) is 2.89. The van der Waals surface area contributed by atoms with E-state index in [1.165, 1.54) is 6.33 Å². The van der Waals surface area contributed by atoms with Crippen molar-refractivity contribution in [3.05, 3.63) is 44.3 Å². The second-order valence-corrected chi connectivity index (χ2v) is 3.59. The molecule has 13 heteroatoms. The zero-order valence-electron chi connectivity index (χ0n) is 10.5. The maximum absolute atomic E-state index is 11.2. The number of anilines is 1. The van der Waals surface area contributed by atoms with Gasteiger partial charge in [-0.15, -0.1) is 5.10 Å². The van der Waals surface area contributed by atoms with E-state index in [0.29, 0.717) is 18.1 Å². The lowest BCUT2D eigenvalue weighted by Gasteiger charge is -2.09. The minimum atomic E-state index is -1.75. The van der Waals surface area contributed by atoms with Crippen LogP contribution in [0, 0.1) is 20.2 Å². The molecule has 0 bridgehead atoms. The van der Waals surface area contributed by atoms with Crippen LogP contribution in [-0.4, -0.2) is 31.1 Å². The monoisotopic (exact) mass is 312 g/mol. The predicted octanol–water partition coefficient (Wildman–Crippen LogP) is -0.919. The molecule has 1 heterocycles. The van der Waals surface area contributed by atoms with Gasteiger partial charge in [0.05, 0.1) is 21.5 Å². The first-order valence-electron chi connectivity index (χ1n) is 5.27. The quantitative estimate of drug-likeness (QED) is 0.470. The maximum Gasteiger partial charge on any atom is 0.337 e. The number of benzene rings is 1. The summed E-state index contributed by atoms with van der Waals surface area (Å²) in [5, 5.41) is 46.4. The van der Waals surface area contributed by atoms with E-state index in [1.807, 2.05) is 0 Å². The van der Waals surface area contributed by atoms with Gasteiger partial charge in [0.25, 0.3) is 11.4 Å². The van der Waals surface area contributed by atoms with Crippen molar-refractivity contribution in [2.75, 3.05) is 5.73 Å². The first kappa shape index (κ1) is 16.3. The molecule has 2 rings (SSSR count). The zero-order chi connectivity index (χ0) is 16.9. The van der Waals surface area contributed by atoms with Crippen LogP contribution in [0.1, 0.15) is 10.4 Å². The average molecular weight is 312 g/mol. The van der Waals surface area contributed by atoms with Crippen LogP contribution in [0.2, 0.25) is 0 Å². The van der Waals surface area contributed by atoms with Crippen molar-refractivity contribution in [2.24, 2.45) is 0 Å². The number of carboxylic acid groups (broad SMARTS) is 1. The SMILES string of the molecule is Nc1[nH]nc[nH+]1.O=C(O)c1cc([N+](=O)[O-])cc([N+](=O)[O-])c1[O-]. The normalized spacial score (nSPS) is 9.45. The fraction of sp³-hybridized carbons (Fsp3) is 0. The van der Waals surface area contributed by atoms with Crippen LogP contribution < -0.4 is 15.8 Å². The third-order valence-corrected chi connectivity index (χ3v) is 2.16. The van der Waals surface area contributed by atoms with Gasteiger partial charge in [0.1, 0.15) is 0 Å². The second-order valence-electron chi connectivity index (χ2n) is 3.59. The first-order chi connectivity index (χ1) is 10.2. The Morgan fingerprint density at radius 1 is 1.32 bits per heavy atom. The van der Waals surface area contributed by atoms with E-state index in [2.05, 4.69) is 15.2 Å². The van der Waals surface area contributed by atoms with E-state index < -0.39 is 38.5 Å². The topological polar surface area (TPSA) is 215 Å². The Balaban J connectivity index is 0.000000335. The van der Waals surface area contributed by atoms with Crippen molar-refractivity contribution >= 4 is 23.3 Å². The standard InChI is InChI=1S/C7H4N2O7.C2H4N4/c10-6-4(7(11)12)1-3(8(13)14)2-5(6)9(15)16;3-2-4-1-5-6-2/h1-2,10H,(H,11,12);1H,(H3,3,4,5,6). The number of aromatic nitrogens is 3. The number of non-ortho nitro benzene ring substituents is 1. The molecular formula is C9H8N6O7. The number of aromatic amines is 2. The molecule has 2 aromatic rings. The number of hydrogen-bond donors (Lipinski definition) is 3. The van der Waals surface area contributed by atoms with Gasteiger partial charge in [0.2, 0.25) is 6.33 Å². The van der Waals surface area contributed by atoms with Gasteiger partial charge in [-0.2, -0.15) is 0 Å². The molecule has 116 valence electrons. The van der Waals surface area contributed by atoms with Gasteiger partial charge in [-0.25, -0.2) is 9.78 Å². The van der Waals surface area contributed by atoms with Crippen LogP contribution in [0.3, 0.4) is 0 Å². The number of hydrogen-bond acceptors (Lipinski definition) is 8. The van der Waals surface area contributed by atoms with Gasteiger partial charge in [-0.3, -0.25) is 20.2 Å².